The molecule has 21 heavy (non-hydrogen) atoms. The van der Waals surface area contributed by atoms with Crippen LogP contribution in [0.3, 0.4) is 0 Å². The molecular weight excluding hydrogens is 338 g/mol. The van der Waals surface area contributed by atoms with Gasteiger partial charge < -0.3 is 20.1 Å². The first-order valence-corrected chi connectivity index (χ1v) is 7.66. The summed E-state index contributed by atoms with van der Waals surface area (Å²) in [4.78, 5) is 16.2. The van der Waals surface area contributed by atoms with Gasteiger partial charge in [0.25, 0.3) is 5.91 Å². The number of unbranched alkanes of at least 4 members (excludes halogenated alkanes) is 1. The van der Waals surface area contributed by atoms with Crippen LogP contribution in [0.25, 0.3) is 0 Å². The maximum Gasteiger partial charge on any atom is 0.255 e. The maximum atomic E-state index is 12.1. The normalized spacial score (nSPS) is 10.4. The summed E-state index contributed by atoms with van der Waals surface area (Å²) in [5, 5.41) is 5.79. The number of halogens is 1. The topological polar surface area (TPSA) is 72.5 Å². The quantitative estimate of drug-likeness (QED) is 0.625. The molecule has 2 N–H and O–H groups in total. The van der Waals surface area contributed by atoms with Gasteiger partial charge in [-0.25, -0.2) is 4.98 Å². The fraction of sp³-hybridized carbons (Fsp3) is 0.571. The maximum absolute atomic E-state index is 12.1. The van der Waals surface area contributed by atoms with E-state index in [1.54, 1.807) is 26.4 Å². The van der Waals surface area contributed by atoms with Gasteiger partial charge in [-0.1, -0.05) is 0 Å². The average Bonchev–Trinajstić information content (AvgIpc) is 2.49. The molecule has 0 atom stereocenters. The Morgan fingerprint density at radius 3 is 2.86 bits per heavy atom. The lowest BCUT2D eigenvalue weighted by Crippen LogP contribution is -2.25. The van der Waals surface area contributed by atoms with Crippen LogP contribution in [0.2, 0.25) is 0 Å². The third-order valence-corrected chi connectivity index (χ3v) is 3.20. The first kappa shape index (κ1) is 17.9. The zero-order chi connectivity index (χ0) is 15.5. The second-order valence-corrected chi connectivity index (χ2v) is 5.28. The van der Waals surface area contributed by atoms with E-state index >= 15 is 0 Å². The third kappa shape index (κ3) is 6.88. The van der Waals surface area contributed by atoms with Crippen molar-refractivity contribution >= 4 is 27.7 Å². The van der Waals surface area contributed by atoms with Gasteiger partial charge in [-0.15, -0.1) is 0 Å². The lowest BCUT2D eigenvalue weighted by molar-refractivity contribution is 0.0686. The van der Waals surface area contributed by atoms with E-state index in [0.717, 1.165) is 17.3 Å². The molecule has 118 valence electrons. The Morgan fingerprint density at radius 1 is 1.33 bits per heavy atom. The van der Waals surface area contributed by atoms with Crippen LogP contribution in [0, 0.1) is 0 Å². The van der Waals surface area contributed by atoms with Crippen LogP contribution in [-0.2, 0) is 9.47 Å². The van der Waals surface area contributed by atoms with Gasteiger partial charge in [0.05, 0.1) is 18.8 Å². The zero-order valence-electron chi connectivity index (χ0n) is 12.4. The van der Waals surface area contributed by atoms with Crippen LogP contribution < -0.4 is 10.6 Å². The average molecular weight is 360 g/mol. The summed E-state index contributed by atoms with van der Waals surface area (Å²) >= 11 is 3.32. The molecule has 0 spiro atoms. The molecule has 1 aromatic heterocycles. The third-order valence-electron chi connectivity index (χ3n) is 2.77. The standard InChI is InChI=1S/C14H22BrN3O3/c1-16-13-12(9-11(15)10-18-13)14(19)17-5-3-4-6-21-8-7-20-2/h9-10H,3-8H2,1-2H3,(H,16,18)(H,17,19). The molecule has 0 saturated carbocycles. The molecule has 1 amide bonds. The molecule has 1 aromatic rings. The van der Waals surface area contributed by atoms with E-state index in [4.69, 9.17) is 9.47 Å². The van der Waals surface area contributed by atoms with E-state index in [1.807, 2.05) is 0 Å². The highest BCUT2D eigenvalue weighted by molar-refractivity contribution is 9.10. The molecular formula is C14H22BrN3O3. The molecule has 0 radical (unpaired) electrons. The first-order valence-electron chi connectivity index (χ1n) is 6.87. The number of hydrogen-bond acceptors (Lipinski definition) is 5. The summed E-state index contributed by atoms with van der Waals surface area (Å²) < 4.78 is 11.0. The Balaban J connectivity index is 2.26. The van der Waals surface area contributed by atoms with Crippen LogP contribution in [0.5, 0.6) is 0 Å². The number of rotatable bonds is 10. The first-order chi connectivity index (χ1) is 10.2. The second kappa shape index (κ2) is 10.5. The van der Waals surface area contributed by atoms with Crippen molar-refractivity contribution in [2.75, 3.05) is 45.8 Å². The fourth-order valence-corrected chi connectivity index (χ4v) is 2.01. The van der Waals surface area contributed by atoms with E-state index in [0.29, 0.717) is 37.7 Å². The van der Waals surface area contributed by atoms with Gasteiger partial charge in [-0.2, -0.15) is 0 Å². The minimum Gasteiger partial charge on any atom is -0.382 e. The van der Waals surface area contributed by atoms with Crippen LogP contribution in [0.15, 0.2) is 16.7 Å². The Morgan fingerprint density at radius 2 is 2.14 bits per heavy atom. The number of ether oxygens (including phenoxy) is 2. The molecule has 0 aliphatic heterocycles. The monoisotopic (exact) mass is 359 g/mol. The minimum absolute atomic E-state index is 0.131. The number of hydrogen-bond donors (Lipinski definition) is 2. The van der Waals surface area contributed by atoms with E-state index in [1.165, 1.54) is 0 Å². The van der Waals surface area contributed by atoms with Crippen molar-refractivity contribution in [2.45, 2.75) is 12.8 Å². The predicted octanol–water partition coefficient (Wildman–Crippen LogP) is 2.06. The molecule has 1 rings (SSSR count). The van der Waals surface area contributed by atoms with Crippen LogP contribution in [0.4, 0.5) is 5.82 Å². The number of aromatic nitrogens is 1. The lowest BCUT2D eigenvalue weighted by Gasteiger charge is -2.09. The molecule has 6 nitrogen and oxygen atoms in total. The molecule has 7 heteroatoms. The summed E-state index contributed by atoms with van der Waals surface area (Å²) in [5.41, 5.74) is 0.531. The second-order valence-electron chi connectivity index (χ2n) is 4.37. The number of carbonyl (C=O) groups excluding carboxylic acids is 1. The smallest absolute Gasteiger partial charge is 0.255 e. The van der Waals surface area contributed by atoms with Crippen molar-refractivity contribution in [3.05, 3.63) is 22.3 Å². The fourth-order valence-electron chi connectivity index (χ4n) is 1.68. The predicted molar refractivity (Wildman–Crippen MR) is 85.7 cm³/mol. The Bertz CT molecular complexity index is 443. The van der Waals surface area contributed by atoms with Gasteiger partial charge in [0.15, 0.2) is 0 Å². The largest absolute Gasteiger partial charge is 0.382 e. The van der Waals surface area contributed by atoms with Crippen LogP contribution in [-0.4, -0.2) is 51.4 Å². The van der Waals surface area contributed by atoms with Crippen molar-refractivity contribution in [3.8, 4) is 0 Å². The van der Waals surface area contributed by atoms with Gasteiger partial charge in [-0.3, -0.25) is 4.79 Å². The summed E-state index contributed by atoms with van der Waals surface area (Å²) in [5.74, 6) is 0.437. The molecule has 0 fully saturated rings. The SMILES string of the molecule is CNc1ncc(Br)cc1C(=O)NCCCCOCCOC. The summed E-state index contributed by atoms with van der Waals surface area (Å²) in [6.07, 6.45) is 3.43. The van der Waals surface area contributed by atoms with Crippen molar-refractivity contribution in [1.82, 2.24) is 10.3 Å². The van der Waals surface area contributed by atoms with Gasteiger partial charge in [0.1, 0.15) is 5.82 Å². The number of nitrogens with one attached hydrogen (secondary N) is 2. The van der Waals surface area contributed by atoms with E-state index < -0.39 is 0 Å². The highest BCUT2D eigenvalue weighted by Crippen LogP contribution is 2.17. The molecule has 0 bridgehead atoms. The number of pyridine rings is 1. The van der Waals surface area contributed by atoms with Gasteiger partial charge >= 0.3 is 0 Å². The molecule has 0 aliphatic carbocycles. The Kier molecular flexibility index (Phi) is 8.96. The van der Waals surface area contributed by atoms with Gasteiger partial charge in [0.2, 0.25) is 0 Å². The molecule has 0 saturated heterocycles. The lowest BCUT2D eigenvalue weighted by atomic mass is 10.2. The van der Waals surface area contributed by atoms with E-state index in [-0.39, 0.29) is 5.91 Å². The Hall–Kier alpha value is -1.18. The van der Waals surface area contributed by atoms with Crippen molar-refractivity contribution in [1.29, 1.82) is 0 Å². The molecule has 1 heterocycles. The zero-order valence-corrected chi connectivity index (χ0v) is 14.0. The molecule has 0 aliphatic rings. The number of amides is 1. The molecule has 0 unspecified atom stereocenters. The van der Waals surface area contributed by atoms with Crippen LogP contribution >= 0.6 is 15.9 Å². The summed E-state index contributed by atoms with van der Waals surface area (Å²) in [6.45, 7) is 2.51. The molecule has 0 aromatic carbocycles. The summed E-state index contributed by atoms with van der Waals surface area (Å²) in [6, 6.07) is 1.75. The van der Waals surface area contributed by atoms with Crippen LogP contribution in [0.1, 0.15) is 23.2 Å². The van der Waals surface area contributed by atoms with Crippen molar-refractivity contribution < 1.29 is 14.3 Å². The van der Waals surface area contributed by atoms with Crippen molar-refractivity contribution in [3.63, 3.8) is 0 Å². The van der Waals surface area contributed by atoms with E-state index in [2.05, 4.69) is 31.5 Å². The van der Waals surface area contributed by atoms with Gasteiger partial charge in [-0.05, 0) is 34.8 Å². The number of methoxy groups -OCH3 is 1. The highest BCUT2D eigenvalue weighted by atomic mass is 79.9. The van der Waals surface area contributed by atoms with Gasteiger partial charge in [0, 0.05) is 38.0 Å². The number of carbonyl (C=O) groups is 1. The highest BCUT2D eigenvalue weighted by Gasteiger charge is 2.11. The van der Waals surface area contributed by atoms with E-state index in [9.17, 15) is 4.79 Å². The number of nitrogens with zero attached hydrogens (tertiary/aromatic N) is 1. The minimum atomic E-state index is -0.131. The van der Waals surface area contributed by atoms with Crippen molar-refractivity contribution in [2.24, 2.45) is 0 Å². The number of anilines is 1. The Labute approximate surface area is 133 Å². The summed E-state index contributed by atoms with van der Waals surface area (Å²) in [7, 11) is 3.39.